The molecular formula is C13H24N4O. The number of rotatable bonds is 4. The van der Waals surface area contributed by atoms with Gasteiger partial charge in [0, 0.05) is 27.2 Å². The summed E-state index contributed by atoms with van der Waals surface area (Å²) in [5, 5.41) is 4.54. The van der Waals surface area contributed by atoms with E-state index in [9.17, 15) is 0 Å². The van der Waals surface area contributed by atoms with Crippen molar-refractivity contribution in [2.45, 2.75) is 38.7 Å². The lowest BCUT2D eigenvalue weighted by Crippen LogP contribution is -2.40. The third-order valence-electron chi connectivity index (χ3n) is 3.63. The van der Waals surface area contributed by atoms with Crippen molar-refractivity contribution in [2.24, 2.45) is 7.05 Å². The number of methoxy groups -OCH3 is 1. The van der Waals surface area contributed by atoms with E-state index >= 15 is 0 Å². The summed E-state index contributed by atoms with van der Waals surface area (Å²) >= 11 is 0. The van der Waals surface area contributed by atoms with Crippen LogP contribution in [0.4, 0.5) is 11.5 Å². The number of piperidine rings is 1. The SMILES string of the molecule is CCCc1nn(C)c(N2CCCC(OC)C2)c1N. The summed E-state index contributed by atoms with van der Waals surface area (Å²) in [4.78, 5) is 2.30. The van der Waals surface area contributed by atoms with Crippen LogP contribution in [0.15, 0.2) is 0 Å². The molecule has 18 heavy (non-hydrogen) atoms. The van der Waals surface area contributed by atoms with E-state index in [1.807, 2.05) is 11.7 Å². The predicted octanol–water partition coefficient (Wildman–Crippen LogP) is 1.57. The van der Waals surface area contributed by atoms with Gasteiger partial charge in [0.15, 0.2) is 0 Å². The third kappa shape index (κ3) is 2.46. The average Bonchev–Trinajstić information content (AvgIpc) is 2.65. The van der Waals surface area contributed by atoms with E-state index < -0.39 is 0 Å². The van der Waals surface area contributed by atoms with Gasteiger partial charge in [0.2, 0.25) is 0 Å². The molecule has 1 atom stereocenters. The number of hydrogen-bond acceptors (Lipinski definition) is 4. The molecule has 1 unspecified atom stereocenters. The molecule has 0 bridgehead atoms. The van der Waals surface area contributed by atoms with Crippen LogP contribution in [0.25, 0.3) is 0 Å². The highest BCUT2D eigenvalue weighted by Gasteiger charge is 2.25. The maximum atomic E-state index is 6.24. The first-order valence-electron chi connectivity index (χ1n) is 6.76. The van der Waals surface area contributed by atoms with Crippen LogP contribution < -0.4 is 10.6 Å². The summed E-state index contributed by atoms with van der Waals surface area (Å²) in [6, 6.07) is 0. The molecule has 2 rings (SSSR count). The normalized spacial score (nSPS) is 20.4. The first kappa shape index (κ1) is 13.2. The largest absolute Gasteiger partial charge is 0.394 e. The molecule has 5 nitrogen and oxygen atoms in total. The molecule has 5 heteroatoms. The molecule has 1 aliphatic heterocycles. The Morgan fingerprint density at radius 2 is 2.28 bits per heavy atom. The van der Waals surface area contributed by atoms with E-state index in [0.29, 0.717) is 6.10 Å². The van der Waals surface area contributed by atoms with Gasteiger partial charge in [-0.25, -0.2) is 0 Å². The highest BCUT2D eigenvalue weighted by atomic mass is 16.5. The van der Waals surface area contributed by atoms with Crippen LogP contribution in [-0.4, -0.2) is 36.1 Å². The molecule has 1 aromatic heterocycles. The fourth-order valence-corrected chi connectivity index (χ4v) is 2.71. The average molecular weight is 252 g/mol. The molecule has 0 spiro atoms. The highest BCUT2D eigenvalue weighted by Crippen LogP contribution is 2.29. The number of anilines is 2. The van der Waals surface area contributed by atoms with E-state index in [1.54, 1.807) is 7.11 Å². The fraction of sp³-hybridized carbons (Fsp3) is 0.769. The minimum atomic E-state index is 0.308. The maximum absolute atomic E-state index is 6.24. The molecule has 2 heterocycles. The summed E-state index contributed by atoms with van der Waals surface area (Å²) < 4.78 is 7.38. The van der Waals surface area contributed by atoms with Crippen LogP contribution in [0.5, 0.6) is 0 Å². The number of aryl methyl sites for hydroxylation is 2. The monoisotopic (exact) mass is 252 g/mol. The second-order valence-electron chi connectivity index (χ2n) is 5.00. The Kier molecular flexibility index (Phi) is 4.11. The zero-order valence-corrected chi connectivity index (χ0v) is 11.6. The molecule has 1 fully saturated rings. The Balaban J connectivity index is 2.21. The van der Waals surface area contributed by atoms with Gasteiger partial charge in [-0.3, -0.25) is 4.68 Å². The van der Waals surface area contributed by atoms with Crippen LogP contribution in [0.3, 0.4) is 0 Å². The van der Waals surface area contributed by atoms with Gasteiger partial charge in [-0.05, 0) is 19.3 Å². The topological polar surface area (TPSA) is 56.3 Å². The molecule has 1 aromatic rings. The number of aromatic nitrogens is 2. The van der Waals surface area contributed by atoms with Gasteiger partial charge in [-0.15, -0.1) is 0 Å². The molecule has 1 saturated heterocycles. The summed E-state index contributed by atoms with van der Waals surface area (Å²) in [6.45, 7) is 4.09. The van der Waals surface area contributed by atoms with Crippen molar-refractivity contribution < 1.29 is 4.74 Å². The second kappa shape index (κ2) is 5.61. The molecule has 0 amide bonds. The van der Waals surface area contributed by atoms with E-state index in [1.165, 1.54) is 0 Å². The Morgan fingerprint density at radius 3 is 2.94 bits per heavy atom. The van der Waals surface area contributed by atoms with Crippen molar-refractivity contribution in [2.75, 3.05) is 30.8 Å². The lowest BCUT2D eigenvalue weighted by molar-refractivity contribution is 0.0890. The van der Waals surface area contributed by atoms with Crippen molar-refractivity contribution in [3.8, 4) is 0 Å². The minimum absolute atomic E-state index is 0.308. The molecule has 0 aromatic carbocycles. The number of nitrogens with two attached hydrogens (primary N) is 1. The molecule has 0 aliphatic carbocycles. The molecular weight excluding hydrogens is 228 g/mol. The number of nitrogen functional groups attached to an aromatic ring is 1. The van der Waals surface area contributed by atoms with E-state index in [-0.39, 0.29) is 0 Å². The molecule has 0 saturated carbocycles. The highest BCUT2D eigenvalue weighted by molar-refractivity contribution is 5.66. The van der Waals surface area contributed by atoms with Crippen molar-refractivity contribution in [1.29, 1.82) is 0 Å². The van der Waals surface area contributed by atoms with Gasteiger partial charge in [-0.1, -0.05) is 13.3 Å². The summed E-state index contributed by atoms with van der Waals surface area (Å²) in [7, 11) is 3.75. The van der Waals surface area contributed by atoms with Gasteiger partial charge >= 0.3 is 0 Å². The Morgan fingerprint density at radius 1 is 1.50 bits per heavy atom. The molecule has 2 N–H and O–H groups in total. The smallest absolute Gasteiger partial charge is 0.150 e. The van der Waals surface area contributed by atoms with Crippen LogP contribution in [-0.2, 0) is 18.2 Å². The van der Waals surface area contributed by atoms with Crippen LogP contribution in [0.1, 0.15) is 31.9 Å². The van der Waals surface area contributed by atoms with Gasteiger partial charge in [0.1, 0.15) is 5.82 Å². The summed E-state index contributed by atoms with van der Waals surface area (Å²) in [5.74, 6) is 1.06. The van der Waals surface area contributed by atoms with Crippen LogP contribution in [0, 0.1) is 0 Å². The van der Waals surface area contributed by atoms with Crippen molar-refractivity contribution >= 4 is 11.5 Å². The Labute approximate surface area is 109 Å². The lowest BCUT2D eigenvalue weighted by atomic mass is 10.1. The van der Waals surface area contributed by atoms with Gasteiger partial charge in [0.25, 0.3) is 0 Å². The number of nitrogens with zero attached hydrogens (tertiary/aromatic N) is 3. The Hall–Kier alpha value is -1.23. The maximum Gasteiger partial charge on any atom is 0.150 e. The quantitative estimate of drug-likeness (QED) is 0.883. The first-order valence-corrected chi connectivity index (χ1v) is 6.76. The molecule has 0 radical (unpaired) electrons. The van der Waals surface area contributed by atoms with E-state index in [4.69, 9.17) is 10.5 Å². The van der Waals surface area contributed by atoms with Crippen molar-refractivity contribution in [3.63, 3.8) is 0 Å². The zero-order valence-electron chi connectivity index (χ0n) is 11.6. The standard InChI is InChI=1S/C13H24N4O/c1-4-6-11-12(14)13(16(2)15-11)17-8-5-7-10(9-17)18-3/h10H,4-9,14H2,1-3H3. The third-order valence-corrected chi connectivity index (χ3v) is 3.63. The molecule has 1 aliphatic rings. The van der Waals surface area contributed by atoms with Crippen molar-refractivity contribution in [1.82, 2.24) is 9.78 Å². The van der Waals surface area contributed by atoms with Gasteiger partial charge in [0.05, 0.1) is 17.5 Å². The van der Waals surface area contributed by atoms with Gasteiger partial charge in [-0.2, -0.15) is 5.10 Å². The lowest BCUT2D eigenvalue weighted by Gasteiger charge is -2.33. The molecule has 102 valence electrons. The minimum Gasteiger partial charge on any atom is -0.394 e. The number of hydrogen-bond donors (Lipinski definition) is 1. The fourth-order valence-electron chi connectivity index (χ4n) is 2.71. The number of ether oxygens (including phenoxy) is 1. The van der Waals surface area contributed by atoms with Gasteiger partial charge < -0.3 is 15.4 Å². The zero-order chi connectivity index (χ0) is 13.1. The predicted molar refractivity (Wildman–Crippen MR) is 73.9 cm³/mol. The van der Waals surface area contributed by atoms with Crippen LogP contribution >= 0.6 is 0 Å². The summed E-state index contributed by atoms with van der Waals surface area (Å²) in [5.41, 5.74) is 8.11. The second-order valence-corrected chi connectivity index (χ2v) is 5.00. The summed E-state index contributed by atoms with van der Waals surface area (Å²) in [6.07, 6.45) is 4.60. The van der Waals surface area contributed by atoms with Crippen molar-refractivity contribution in [3.05, 3.63) is 5.69 Å². The Bertz CT molecular complexity index is 402. The van der Waals surface area contributed by atoms with E-state index in [0.717, 1.165) is 56.0 Å². The first-order chi connectivity index (χ1) is 8.67. The van der Waals surface area contributed by atoms with E-state index in [2.05, 4.69) is 16.9 Å². The van der Waals surface area contributed by atoms with Crippen LogP contribution in [0.2, 0.25) is 0 Å².